The third-order valence-corrected chi connectivity index (χ3v) is 1.19. The predicted octanol–water partition coefficient (Wildman–Crippen LogP) is 0.384. The summed E-state index contributed by atoms with van der Waals surface area (Å²) in [5.41, 5.74) is 4.90. The average Bonchev–Trinajstić information content (AvgIpc) is 1.90. The number of quaternary nitrogens is 1. The van der Waals surface area contributed by atoms with E-state index in [1.165, 1.54) is 0 Å². The van der Waals surface area contributed by atoms with Crippen LogP contribution in [0.25, 0.3) is 0 Å². The number of nitrogens with zero attached hydrogens (tertiary/aromatic N) is 1. The minimum absolute atomic E-state index is 0.297. The van der Waals surface area contributed by atoms with Crippen molar-refractivity contribution < 1.29 is 5.73 Å². The Hall–Kier alpha value is -0.890. The first kappa shape index (κ1) is 6.23. The van der Waals surface area contributed by atoms with Crippen molar-refractivity contribution in [2.24, 2.45) is 0 Å². The van der Waals surface area contributed by atoms with Crippen molar-refractivity contribution in [1.29, 1.82) is 0 Å². The molecule has 0 saturated carbocycles. The molecule has 0 radical (unpaired) electrons. The summed E-state index contributed by atoms with van der Waals surface area (Å²) in [5, 5.41) is 0. The molecule has 0 amide bonds. The molecule has 0 bridgehead atoms. The molecule has 2 heteroatoms. The largest absolute Gasteiger partial charge is 0.350 e. The SMILES string of the molecule is C[C@H]([NH3+])c1ccccn1. The lowest BCUT2D eigenvalue weighted by atomic mass is 10.2. The third-order valence-electron chi connectivity index (χ3n) is 1.19. The standard InChI is InChI=1S/C7H10N2/c1-6(8)7-4-2-3-5-9-7/h2-6H,8H2,1H3/p+1/t6-/m0/s1. The van der Waals surface area contributed by atoms with Gasteiger partial charge in [0.15, 0.2) is 0 Å². The Kier molecular flexibility index (Phi) is 1.80. The van der Waals surface area contributed by atoms with Gasteiger partial charge in [0.05, 0.1) is 5.69 Å². The number of aromatic nitrogens is 1. The quantitative estimate of drug-likeness (QED) is 0.576. The highest BCUT2D eigenvalue weighted by Gasteiger charge is 1.99. The molecular formula is C7H11N2+. The fourth-order valence-corrected chi connectivity index (χ4v) is 0.667. The maximum Gasteiger partial charge on any atom is 0.124 e. The summed E-state index contributed by atoms with van der Waals surface area (Å²) < 4.78 is 0. The zero-order chi connectivity index (χ0) is 6.69. The van der Waals surface area contributed by atoms with Gasteiger partial charge < -0.3 is 5.73 Å². The van der Waals surface area contributed by atoms with E-state index in [4.69, 9.17) is 0 Å². The van der Waals surface area contributed by atoms with E-state index in [1.807, 2.05) is 25.1 Å². The second kappa shape index (κ2) is 2.60. The Morgan fingerprint density at radius 1 is 1.56 bits per heavy atom. The van der Waals surface area contributed by atoms with Crippen LogP contribution in [0.1, 0.15) is 18.7 Å². The summed E-state index contributed by atoms with van der Waals surface area (Å²) in [5.74, 6) is 0. The first-order valence-electron chi connectivity index (χ1n) is 3.04. The van der Waals surface area contributed by atoms with Gasteiger partial charge in [0, 0.05) is 6.20 Å². The van der Waals surface area contributed by atoms with Gasteiger partial charge in [-0.15, -0.1) is 0 Å². The normalized spacial score (nSPS) is 13.1. The van der Waals surface area contributed by atoms with E-state index in [0.29, 0.717) is 6.04 Å². The lowest BCUT2D eigenvalue weighted by Crippen LogP contribution is -2.52. The summed E-state index contributed by atoms with van der Waals surface area (Å²) in [4.78, 5) is 4.12. The molecule has 2 nitrogen and oxygen atoms in total. The van der Waals surface area contributed by atoms with Crippen LogP contribution in [0.4, 0.5) is 0 Å². The molecule has 0 aliphatic heterocycles. The van der Waals surface area contributed by atoms with E-state index >= 15 is 0 Å². The van der Waals surface area contributed by atoms with Gasteiger partial charge in [0.1, 0.15) is 6.04 Å². The van der Waals surface area contributed by atoms with Gasteiger partial charge in [-0.2, -0.15) is 0 Å². The van der Waals surface area contributed by atoms with Gasteiger partial charge in [-0.1, -0.05) is 6.07 Å². The minimum Gasteiger partial charge on any atom is -0.350 e. The summed E-state index contributed by atoms with van der Waals surface area (Å²) >= 11 is 0. The molecule has 0 saturated heterocycles. The van der Waals surface area contributed by atoms with E-state index in [0.717, 1.165) is 5.69 Å². The molecule has 3 N–H and O–H groups in total. The van der Waals surface area contributed by atoms with Crippen molar-refractivity contribution in [2.75, 3.05) is 0 Å². The van der Waals surface area contributed by atoms with Crippen LogP contribution in [-0.2, 0) is 0 Å². The van der Waals surface area contributed by atoms with Crippen molar-refractivity contribution in [3.63, 3.8) is 0 Å². The van der Waals surface area contributed by atoms with E-state index in [9.17, 15) is 0 Å². The minimum atomic E-state index is 0.297. The zero-order valence-electron chi connectivity index (χ0n) is 5.54. The smallest absolute Gasteiger partial charge is 0.124 e. The highest BCUT2D eigenvalue weighted by atomic mass is 14.7. The van der Waals surface area contributed by atoms with Gasteiger partial charge in [-0.05, 0) is 19.1 Å². The third kappa shape index (κ3) is 1.50. The predicted molar refractivity (Wildman–Crippen MR) is 35.5 cm³/mol. The summed E-state index contributed by atoms with van der Waals surface area (Å²) in [7, 11) is 0. The first-order chi connectivity index (χ1) is 4.30. The highest BCUT2D eigenvalue weighted by Crippen LogP contribution is 2.00. The van der Waals surface area contributed by atoms with Crippen molar-refractivity contribution in [3.8, 4) is 0 Å². The number of pyridine rings is 1. The molecule has 1 atom stereocenters. The van der Waals surface area contributed by atoms with Crippen LogP contribution in [-0.4, -0.2) is 4.98 Å². The Morgan fingerprint density at radius 2 is 2.33 bits per heavy atom. The van der Waals surface area contributed by atoms with Crippen molar-refractivity contribution in [2.45, 2.75) is 13.0 Å². The molecule has 0 spiro atoms. The van der Waals surface area contributed by atoms with Gasteiger partial charge in [0.2, 0.25) is 0 Å². The molecule has 0 aliphatic carbocycles. The average molecular weight is 123 g/mol. The van der Waals surface area contributed by atoms with Gasteiger partial charge >= 0.3 is 0 Å². The molecule has 1 aromatic rings. The van der Waals surface area contributed by atoms with E-state index in [1.54, 1.807) is 6.20 Å². The second-order valence-electron chi connectivity index (χ2n) is 2.16. The summed E-state index contributed by atoms with van der Waals surface area (Å²) in [6, 6.07) is 6.17. The van der Waals surface area contributed by atoms with Crippen molar-refractivity contribution in [3.05, 3.63) is 30.1 Å². The summed E-state index contributed by atoms with van der Waals surface area (Å²) in [6.45, 7) is 2.03. The van der Waals surface area contributed by atoms with Gasteiger partial charge in [0.25, 0.3) is 0 Å². The molecule has 0 aliphatic rings. The lowest BCUT2D eigenvalue weighted by molar-refractivity contribution is -0.421. The van der Waals surface area contributed by atoms with Crippen LogP contribution in [0.3, 0.4) is 0 Å². The molecule has 1 rings (SSSR count). The Morgan fingerprint density at radius 3 is 2.67 bits per heavy atom. The molecular weight excluding hydrogens is 112 g/mol. The monoisotopic (exact) mass is 123 g/mol. The second-order valence-corrected chi connectivity index (χ2v) is 2.16. The molecule has 48 valence electrons. The Balaban J connectivity index is 2.85. The molecule has 9 heavy (non-hydrogen) atoms. The molecule has 1 aromatic heterocycles. The molecule has 0 aromatic carbocycles. The van der Waals surface area contributed by atoms with Crippen LogP contribution in [0, 0.1) is 0 Å². The number of hydrogen-bond acceptors (Lipinski definition) is 1. The van der Waals surface area contributed by atoms with E-state index in [2.05, 4.69) is 10.7 Å². The van der Waals surface area contributed by atoms with Crippen LogP contribution in [0.2, 0.25) is 0 Å². The van der Waals surface area contributed by atoms with Crippen LogP contribution >= 0.6 is 0 Å². The van der Waals surface area contributed by atoms with Crippen LogP contribution in [0.5, 0.6) is 0 Å². The Bertz CT molecular complexity index is 170. The Labute approximate surface area is 54.7 Å². The van der Waals surface area contributed by atoms with E-state index in [-0.39, 0.29) is 0 Å². The van der Waals surface area contributed by atoms with Gasteiger partial charge in [-0.25, -0.2) is 0 Å². The fourth-order valence-electron chi connectivity index (χ4n) is 0.667. The number of rotatable bonds is 1. The first-order valence-corrected chi connectivity index (χ1v) is 3.04. The molecule has 1 heterocycles. The zero-order valence-corrected chi connectivity index (χ0v) is 5.54. The van der Waals surface area contributed by atoms with Crippen molar-refractivity contribution in [1.82, 2.24) is 4.98 Å². The fraction of sp³-hybridized carbons (Fsp3) is 0.286. The highest BCUT2D eigenvalue weighted by molar-refractivity contribution is 5.04. The summed E-state index contributed by atoms with van der Waals surface area (Å²) in [6.07, 6.45) is 1.79. The molecule has 0 fully saturated rings. The van der Waals surface area contributed by atoms with Crippen LogP contribution in [0.15, 0.2) is 24.4 Å². The number of hydrogen-bond donors (Lipinski definition) is 1. The van der Waals surface area contributed by atoms with E-state index < -0.39 is 0 Å². The maximum atomic E-state index is 4.12. The van der Waals surface area contributed by atoms with Crippen LogP contribution < -0.4 is 5.73 Å². The lowest BCUT2D eigenvalue weighted by Gasteiger charge is -1.97. The van der Waals surface area contributed by atoms with Crippen molar-refractivity contribution >= 4 is 0 Å². The molecule has 0 unspecified atom stereocenters. The van der Waals surface area contributed by atoms with Gasteiger partial charge in [-0.3, -0.25) is 4.98 Å². The maximum absolute atomic E-state index is 4.12. The topological polar surface area (TPSA) is 40.5 Å².